The second-order valence-electron chi connectivity index (χ2n) is 6.51. The topological polar surface area (TPSA) is 126 Å². The number of hydrogen-bond acceptors (Lipinski definition) is 7. The molecule has 12 heteroatoms. The van der Waals surface area contributed by atoms with Crippen LogP contribution < -0.4 is 10.0 Å². The molecule has 0 bridgehead atoms. The molecule has 0 aliphatic rings. The molecular formula is C19H17F2N7O2S. The lowest BCUT2D eigenvalue weighted by molar-refractivity contribution is 0.574. The van der Waals surface area contributed by atoms with Gasteiger partial charge in [0.15, 0.2) is 11.5 Å². The average molecular weight is 445 g/mol. The van der Waals surface area contributed by atoms with E-state index in [9.17, 15) is 12.8 Å². The van der Waals surface area contributed by atoms with Crippen molar-refractivity contribution < 1.29 is 17.2 Å². The second-order valence-corrected chi connectivity index (χ2v) is 7.34. The molecule has 0 amide bonds. The number of benzene rings is 1. The molecule has 0 atom stereocenters. The van der Waals surface area contributed by atoms with Crippen molar-refractivity contribution in [3.8, 4) is 11.3 Å². The van der Waals surface area contributed by atoms with E-state index >= 15 is 4.39 Å². The van der Waals surface area contributed by atoms with E-state index in [1.165, 1.54) is 24.9 Å². The molecule has 9 nitrogen and oxygen atoms in total. The molecule has 4 rings (SSSR count). The van der Waals surface area contributed by atoms with Crippen LogP contribution in [0.25, 0.3) is 22.4 Å². The monoisotopic (exact) mass is 445 g/mol. The lowest BCUT2D eigenvalue weighted by Crippen LogP contribution is -2.13. The number of anilines is 2. The van der Waals surface area contributed by atoms with Gasteiger partial charge in [0, 0.05) is 18.3 Å². The van der Waals surface area contributed by atoms with Gasteiger partial charge in [-0.3, -0.25) is 0 Å². The minimum Gasteiger partial charge on any atom is -0.335 e. The van der Waals surface area contributed by atoms with Gasteiger partial charge in [0.1, 0.15) is 34.9 Å². The van der Waals surface area contributed by atoms with Gasteiger partial charge in [0.05, 0.1) is 6.33 Å². The summed E-state index contributed by atoms with van der Waals surface area (Å²) in [5, 5.41) is 2.74. The maximum atomic E-state index is 15.0. The molecular weight excluding hydrogens is 428 g/mol. The largest absolute Gasteiger partial charge is 0.335 e. The third-order valence-corrected chi connectivity index (χ3v) is 5.04. The lowest BCUT2D eigenvalue weighted by atomic mass is 10.1. The molecule has 4 aromatic rings. The van der Waals surface area contributed by atoms with E-state index in [4.69, 9.17) is 0 Å². The summed E-state index contributed by atoms with van der Waals surface area (Å²) < 4.78 is 52.9. The molecule has 160 valence electrons. The zero-order valence-electron chi connectivity index (χ0n) is 16.0. The van der Waals surface area contributed by atoms with Crippen molar-refractivity contribution in [2.45, 2.75) is 12.8 Å². The number of H-pyrrole nitrogens is 1. The van der Waals surface area contributed by atoms with Crippen molar-refractivity contribution in [3.05, 3.63) is 60.3 Å². The lowest BCUT2D eigenvalue weighted by Gasteiger charge is -2.14. The van der Waals surface area contributed by atoms with Crippen LogP contribution in [0, 0.1) is 11.6 Å². The van der Waals surface area contributed by atoms with E-state index in [2.05, 4.69) is 35.0 Å². The van der Waals surface area contributed by atoms with Crippen molar-refractivity contribution in [2.24, 2.45) is 0 Å². The van der Waals surface area contributed by atoms with Crippen molar-refractivity contribution >= 4 is 33.6 Å². The molecule has 0 saturated heterocycles. The fourth-order valence-corrected chi connectivity index (χ4v) is 3.47. The maximum Gasteiger partial charge on any atom is 0.201 e. The van der Waals surface area contributed by atoms with Crippen molar-refractivity contribution in [1.29, 1.82) is 0 Å². The average Bonchev–Trinajstić information content (AvgIpc) is 3.25. The molecule has 0 aliphatic heterocycles. The number of rotatable bonds is 8. The van der Waals surface area contributed by atoms with Crippen LogP contribution in [0.15, 0.2) is 43.1 Å². The Kier molecular flexibility index (Phi) is 6.09. The summed E-state index contributed by atoms with van der Waals surface area (Å²) in [6.07, 6.45) is 4.92. The number of thiol groups is 1. The van der Waals surface area contributed by atoms with E-state index < -0.39 is 22.5 Å². The van der Waals surface area contributed by atoms with Crippen LogP contribution in [0.2, 0.25) is 0 Å². The normalized spacial score (nSPS) is 11.3. The number of halogens is 2. The number of imidazole rings is 1. The maximum absolute atomic E-state index is 15.0. The number of pyridine rings is 1. The number of aromatic amines is 1. The van der Waals surface area contributed by atoms with Gasteiger partial charge in [-0.1, -0.05) is 6.07 Å². The van der Waals surface area contributed by atoms with Crippen LogP contribution in [-0.2, 0) is 17.3 Å². The second kappa shape index (κ2) is 9.10. The highest BCUT2D eigenvalue weighted by Crippen LogP contribution is 2.32. The van der Waals surface area contributed by atoms with Gasteiger partial charge < -0.3 is 10.3 Å². The molecule has 0 saturated carbocycles. The zero-order chi connectivity index (χ0) is 21.8. The van der Waals surface area contributed by atoms with Gasteiger partial charge in [-0.15, -0.1) is 0 Å². The molecule has 0 unspecified atom stereocenters. The molecule has 3 N–H and O–H groups in total. The Morgan fingerprint density at radius 3 is 2.77 bits per heavy atom. The Bertz CT molecular complexity index is 1300. The minimum atomic E-state index is -2.71. The molecule has 0 spiro atoms. The van der Waals surface area contributed by atoms with E-state index in [0.29, 0.717) is 28.8 Å². The first-order valence-electron chi connectivity index (χ1n) is 9.26. The van der Waals surface area contributed by atoms with Crippen LogP contribution in [0.3, 0.4) is 0 Å². The molecule has 0 radical (unpaired) electrons. The highest BCUT2D eigenvalue weighted by molar-refractivity contribution is 7.70. The zero-order valence-corrected chi connectivity index (χ0v) is 16.9. The van der Waals surface area contributed by atoms with E-state index in [0.717, 1.165) is 6.07 Å². The Morgan fingerprint density at radius 2 is 1.94 bits per heavy atom. The first-order chi connectivity index (χ1) is 15.0. The number of hydrogen-bond donors (Lipinski definition) is 4. The summed E-state index contributed by atoms with van der Waals surface area (Å²) in [7, 11) is -2.71. The van der Waals surface area contributed by atoms with Gasteiger partial charge in [0.2, 0.25) is 10.9 Å². The van der Waals surface area contributed by atoms with Crippen LogP contribution in [-0.4, -0.2) is 39.9 Å². The molecule has 0 fully saturated rings. The number of nitrogens with zero attached hydrogens (tertiary/aromatic N) is 4. The Balaban J connectivity index is 1.66. The van der Waals surface area contributed by atoms with Crippen LogP contribution in [0.4, 0.5) is 20.3 Å². The van der Waals surface area contributed by atoms with E-state index in [1.807, 2.05) is 0 Å². The highest BCUT2D eigenvalue weighted by atomic mass is 32.2. The predicted octanol–water partition coefficient (Wildman–Crippen LogP) is 2.49. The number of nitrogens with one attached hydrogen (secondary N) is 3. The molecule has 31 heavy (non-hydrogen) atoms. The van der Waals surface area contributed by atoms with E-state index in [-0.39, 0.29) is 30.0 Å². The summed E-state index contributed by atoms with van der Waals surface area (Å²) in [6.45, 7) is 0.163. The summed E-state index contributed by atoms with van der Waals surface area (Å²) in [5.74, 6) is -1.35. The van der Waals surface area contributed by atoms with Crippen molar-refractivity contribution in [2.75, 3.05) is 11.9 Å². The standard InChI is InChI=1S/C19H17F2N7O2S/c20-13-6-5-11(3-1-8-27-31(29)30)14(21)16(13)28-18-12(4-2-7-22-18)15-17-19(25-9-23-15)26-10-24-17/h2,4-7,9-10,31H,1,3,8H2,(H,22,28)(H,27,29,30)(H,23,24,25,26). The third kappa shape index (κ3) is 4.49. The Labute approximate surface area is 177 Å². The predicted molar refractivity (Wildman–Crippen MR) is 111 cm³/mol. The first kappa shape index (κ1) is 20.8. The summed E-state index contributed by atoms with van der Waals surface area (Å²) in [6, 6.07) is 5.88. The number of aryl methyl sites for hydroxylation is 1. The van der Waals surface area contributed by atoms with Gasteiger partial charge in [-0.05, 0) is 36.6 Å². The quantitative estimate of drug-likeness (QED) is 0.243. The van der Waals surface area contributed by atoms with Gasteiger partial charge >= 0.3 is 0 Å². The van der Waals surface area contributed by atoms with Crippen LogP contribution in [0.1, 0.15) is 12.0 Å². The Hall–Kier alpha value is -3.51. The summed E-state index contributed by atoms with van der Waals surface area (Å²) >= 11 is 0. The smallest absolute Gasteiger partial charge is 0.201 e. The van der Waals surface area contributed by atoms with Crippen LogP contribution >= 0.6 is 0 Å². The van der Waals surface area contributed by atoms with Gasteiger partial charge in [-0.2, -0.15) is 0 Å². The summed E-state index contributed by atoms with van der Waals surface area (Å²) in [5.41, 5.74) is 1.87. The molecule has 1 aromatic carbocycles. The third-order valence-electron chi connectivity index (χ3n) is 4.56. The highest BCUT2D eigenvalue weighted by Gasteiger charge is 2.18. The van der Waals surface area contributed by atoms with Crippen molar-refractivity contribution in [1.82, 2.24) is 29.6 Å². The molecule has 3 heterocycles. The SMILES string of the molecule is O=[SH](=O)NCCCc1ccc(F)c(Nc2ncccc2-c2ncnc3[nH]cnc23)c1F. The first-order valence-corrected chi connectivity index (χ1v) is 10.4. The van der Waals surface area contributed by atoms with Crippen molar-refractivity contribution in [3.63, 3.8) is 0 Å². The fraction of sp³-hybridized carbons (Fsp3) is 0.158. The number of fused-ring (bicyclic) bond motifs is 1. The van der Waals surface area contributed by atoms with E-state index in [1.54, 1.807) is 12.1 Å². The Morgan fingerprint density at radius 1 is 1.06 bits per heavy atom. The molecule has 3 aromatic heterocycles. The van der Waals surface area contributed by atoms with Gasteiger partial charge in [-0.25, -0.2) is 41.9 Å². The van der Waals surface area contributed by atoms with Gasteiger partial charge in [0.25, 0.3) is 0 Å². The van der Waals surface area contributed by atoms with Crippen LogP contribution in [0.5, 0.6) is 0 Å². The molecule has 0 aliphatic carbocycles. The summed E-state index contributed by atoms with van der Waals surface area (Å²) in [4.78, 5) is 19.7. The minimum absolute atomic E-state index is 0.163. The number of aromatic nitrogens is 5. The fourth-order valence-electron chi connectivity index (χ4n) is 3.13.